The summed E-state index contributed by atoms with van der Waals surface area (Å²) in [4.78, 5) is 36.3. The first-order valence-electron chi connectivity index (χ1n) is 9.68. The molecule has 0 atom stereocenters. The van der Waals surface area contributed by atoms with Crippen LogP contribution in [0.25, 0.3) is 0 Å². The van der Waals surface area contributed by atoms with Gasteiger partial charge in [-0.1, -0.05) is 0 Å². The smallest absolute Gasteiger partial charge is 0.413 e. The Morgan fingerprint density at radius 2 is 1.72 bits per heavy atom. The fourth-order valence-corrected chi connectivity index (χ4v) is 5.52. The Kier molecular flexibility index (Phi) is 7.48. The van der Waals surface area contributed by atoms with Gasteiger partial charge in [0.05, 0.1) is 24.7 Å². The van der Waals surface area contributed by atoms with E-state index in [1.807, 2.05) is 5.32 Å². The molecule has 0 spiro atoms. The molecule has 2 N–H and O–H groups in total. The minimum absolute atomic E-state index is 0.147. The fraction of sp³-hybridized carbons (Fsp3) is 0.350. The van der Waals surface area contributed by atoms with Gasteiger partial charge in [0.25, 0.3) is 5.91 Å². The minimum Gasteiger partial charge on any atom is -0.497 e. The molecule has 0 radical (unpaired) electrons. The number of piperidine rings is 1. The number of anilines is 1. The van der Waals surface area contributed by atoms with Crippen molar-refractivity contribution in [3.8, 4) is 5.75 Å². The zero-order chi connectivity index (χ0) is 23.3. The van der Waals surface area contributed by atoms with E-state index in [-0.39, 0.29) is 29.5 Å². The molecule has 12 heteroatoms. The molecule has 2 heterocycles. The molecule has 0 unspecified atom stereocenters. The third-order valence-corrected chi connectivity index (χ3v) is 7.81. The van der Waals surface area contributed by atoms with Crippen LogP contribution in [-0.4, -0.2) is 57.9 Å². The Morgan fingerprint density at radius 1 is 1.06 bits per heavy atom. The first-order chi connectivity index (χ1) is 15.3. The molecule has 172 valence electrons. The summed E-state index contributed by atoms with van der Waals surface area (Å²) in [7, 11) is -1.02. The Morgan fingerprint density at radius 3 is 2.31 bits per heavy atom. The minimum atomic E-state index is -3.67. The SMILES string of the molecule is COC(=O)NC(=O)c1ccsc1NC(=O)C1CCN(S(=O)(=O)c2ccc(OC)cc2)CC1. The van der Waals surface area contributed by atoms with Gasteiger partial charge in [-0.3, -0.25) is 14.9 Å². The summed E-state index contributed by atoms with van der Waals surface area (Å²) in [6.07, 6.45) is -0.212. The predicted molar refractivity (Wildman–Crippen MR) is 117 cm³/mol. The molecule has 10 nitrogen and oxygen atoms in total. The number of alkyl carbamates (subject to hydrolysis) is 1. The van der Waals surface area contributed by atoms with E-state index < -0.39 is 27.9 Å². The number of thiophene rings is 1. The number of rotatable bonds is 6. The first kappa shape index (κ1) is 23.7. The summed E-state index contributed by atoms with van der Waals surface area (Å²) >= 11 is 1.15. The molecule has 1 saturated heterocycles. The van der Waals surface area contributed by atoms with Gasteiger partial charge in [-0.2, -0.15) is 4.31 Å². The molecule has 1 aliphatic rings. The van der Waals surface area contributed by atoms with Crippen molar-refractivity contribution >= 4 is 44.3 Å². The number of nitrogens with zero attached hydrogens (tertiary/aromatic N) is 1. The summed E-state index contributed by atoms with van der Waals surface area (Å²) in [6.45, 7) is 0.402. The topological polar surface area (TPSA) is 131 Å². The number of sulfonamides is 1. The van der Waals surface area contributed by atoms with Crippen molar-refractivity contribution in [3.05, 3.63) is 41.3 Å². The standard InChI is InChI=1S/C20H23N3O7S2/c1-29-14-3-5-15(6-4-14)32(27,28)23-10-7-13(8-11-23)17(24)21-19-16(9-12-31-19)18(25)22-20(26)30-2/h3-6,9,12-13H,7-8,10-11H2,1-2H3,(H,21,24)(H,22,25,26). The van der Waals surface area contributed by atoms with Crippen LogP contribution in [0.3, 0.4) is 0 Å². The van der Waals surface area contributed by atoms with Gasteiger partial charge in [0.2, 0.25) is 15.9 Å². The van der Waals surface area contributed by atoms with Gasteiger partial charge in [0.15, 0.2) is 0 Å². The number of ether oxygens (including phenoxy) is 2. The average molecular weight is 482 g/mol. The lowest BCUT2D eigenvalue weighted by Crippen LogP contribution is -2.41. The highest BCUT2D eigenvalue weighted by molar-refractivity contribution is 7.89. The van der Waals surface area contributed by atoms with E-state index in [0.29, 0.717) is 23.6 Å². The molecule has 0 aliphatic carbocycles. The molecule has 0 bridgehead atoms. The van der Waals surface area contributed by atoms with E-state index in [1.54, 1.807) is 17.5 Å². The summed E-state index contributed by atoms with van der Waals surface area (Å²) in [6, 6.07) is 7.64. The molecule has 1 aromatic carbocycles. The molecular formula is C20H23N3O7S2. The summed E-state index contributed by atoms with van der Waals surface area (Å²) < 4.78 is 36.5. The number of hydrogen-bond acceptors (Lipinski definition) is 8. The number of carbonyl (C=O) groups excluding carboxylic acids is 3. The van der Waals surface area contributed by atoms with Gasteiger partial charge in [0.1, 0.15) is 10.8 Å². The van der Waals surface area contributed by atoms with Crippen LogP contribution < -0.4 is 15.4 Å². The van der Waals surface area contributed by atoms with Crippen molar-refractivity contribution in [3.63, 3.8) is 0 Å². The molecule has 0 saturated carbocycles. The molecule has 32 heavy (non-hydrogen) atoms. The zero-order valence-electron chi connectivity index (χ0n) is 17.5. The van der Waals surface area contributed by atoms with E-state index in [9.17, 15) is 22.8 Å². The van der Waals surface area contributed by atoms with E-state index in [1.165, 1.54) is 29.6 Å². The fourth-order valence-electron chi connectivity index (χ4n) is 3.27. The average Bonchev–Trinajstić information content (AvgIpc) is 3.27. The summed E-state index contributed by atoms with van der Waals surface area (Å²) in [5, 5.41) is 6.69. The number of benzene rings is 1. The van der Waals surface area contributed by atoms with Gasteiger partial charge < -0.3 is 14.8 Å². The largest absolute Gasteiger partial charge is 0.497 e. The van der Waals surface area contributed by atoms with Crippen LogP contribution in [0.1, 0.15) is 23.2 Å². The second-order valence-corrected chi connectivity index (χ2v) is 9.81. The van der Waals surface area contributed by atoms with Gasteiger partial charge >= 0.3 is 6.09 Å². The first-order valence-corrected chi connectivity index (χ1v) is 12.0. The Balaban J connectivity index is 1.60. The third kappa shape index (κ3) is 5.26. The van der Waals surface area contributed by atoms with Crippen LogP contribution in [0.15, 0.2) is 40.6 Å². The normalized spacial score (nSPS) is 15.1. The number of carbonyl (C=O) groups is 3. The molecule has 3 amide bonds. The van der Waals surface area contributed by atoms with E-state index >= 15 is 0 Å². The molecule has 1 aromatic heterocycles. The maximum Gasteiger partial charge on any atom is 0.413 e. The van der Waals surface area contributed by atoms with Gasteiger partial charge in [-0.25, -0.2) is 13.2 Å². The van der Waals surface area contributed by atoms with Crippen molar-refractivity contribution < 1.29 is 32.3 Å². The third-order valence-electron chi connectivity index (χ3n) is 5.07. The molecule has 1 fully saturated rings. The molecule has 2 aromatic rings. The number of amides is 3. The zero-order valence-corrected chi connectivity index (χ0v) is 19.1. The van der Waals surface area contributed by atoms with Crippen LogP contribution in [0.5, 0.6) is 5.75 Å². The lowest BCUT2D eigenvalue weighted by atomic mass is 9.97. The second kappa shape index (κ2) is 10.1. The number of hydrogen-bond donors (Lipinski definition) is 2. The number of nitrogens with one attached hydrogen (secondary N) is 2. The van der Waals surface area contributed by atoms with Crippen LogP contribution in [0, 0.1) is 5.92 Å². The van der Waals surface area contributed by atoms with Gasteiger partial charge in [-0.05, 0) is 48.6 Å². The maximum atomic E-state index is 12.9. The lowest BCUT2D eigenvalue weighted by Gasteiger charge is -2.30. The Hall–Kier alpha value is -2.96. The maximum absolute atomic E-state index is 12.9. The van der Waals surface area contributed by atoms with Crippen molar-refractivity contribution in [2.75, 3.05) is 32.6 Å². The summed E-state index contributed by atoms with van der Waals surface area (Å²) in [5.41, 5.74) is 0.147. The Labute approximate surface area is 189 Å². The Bertz CT molecular complexity index is 1090. The van der Waals surface area contributed by atoms with Crippen LogP contribution >= 0.6 is 11.3 Å². The van der Waals surface area contributed by atoms with Gasteiger partial charge in [-0.15, -0.1) is 11.3 Å². The molecule has 1 aliphatic heterocycles. The second-order valence-electron chi connectivity index (χ2n) is 6.95. The highest BCUT2D eigenvalue weighted by atomic mass is 32.2. The van der Waals surface area contributed by atoms with E-state index in [2.05, 4.69) is 10.1 Å². The van der Waals surface area contributed by atoms with E-state index in [4.69, 9.17) is 4.74 Å². The quantitative estimate of drug-likeness (QED) is 0.647. The highest BCUT2D eigenvalue weighted by Crippen LogP contribution is 2.28. The number of methoxy groups -OCH3 is 2. The predicted octanol–water partition coefficient (Wildman–Crippen LogP) is 2.29. The molecular weight excluding hydrogens is 458 g/mol. The van der Waals surface area contributed by atoms with Crippen molar-refractivity contribution in [2.24, 2.45) is 5.92 Å². The van der Waals surface area contributed by atoms with Crippen molar-refractivity contribution in [1.82, 2.24) is 9.62 Å². The van der Waals surface area contributed by atoms with Crippen LogP contribution in [0.4, 0.5) is 9.80 Å². The van der Waals surface area contributed by atoms with Crippen LogP contribution in [-0.2, 0) is 19.6 Å². The molecule has 3 rings (SSSR count). The van der Waals surface area contributed by atoms with Crippen LogP contribution in [0.2, 0.25) is 0 Å². The van der Waals surface area contributed by atoms with Crippen molar-refractivity contribution in [1.29, 1.82) is 0 Å². The summed E-state index contributed by atoms with van der Waals surface area (Å²) in [5.74, 6) is -0.835. The van der Waals surface area contributed by atoms with Crippen molar-refractivity contribution in [2.45, 2.75) is 17.7 Å². The lowest BCUT2D eigenvalue weighted by molar-refractivity contribution is -0.120. The highest BCUT2D eigenvalue weighted by Gasteiger charge is 2.32. The van der Waals surface area contributed by atoms with E-state index in [0.717, 1.165) is 18.4 Å². The number of imide groups is 1. The van der Waals surface area contributed by atoms with Gasteiger partial charge in [0, 0.05) is 19.0 Å². The monoisotopic (exact) mass is 481 g/mol.